The molecule has 1 aliphatic rings. The maximum Gasteiger partial charge on any atom is 0.407 e. The molecule has 1 heterocycles. The van der Waals surface area contributed by atoms with Gasteiger partial charge >= 0.3 is 12.1 Å². The van der Waals surface area contributed by atoms with Crippen molar-refractivity contribution in [1.29, 1.82) is 0 Å². The van der Waals surface area contributed by atoms with E-state index >= 15 is 0 Å². The topological polar surface area (TPSA) is 83.9 Å². The van der Waals surface area contributed by atoms with Crippen LogP contribution in [-0.2, 0) is 14.3 Å². The van der Waals surface area contributed by atoms with Gasteiger partial charge in [0.15, 0.2) is 5.78 Å². The molecule has 0 aromatic heterocycles. The number of Topliss-reactive ketones (excluding diaryl/α,β-unsaturated/α-hetero) is 1. The Labute approximate surface area is 119 Å². The number of carbonyl (C=O) groups excluding carboxylic acids is 2. The van der Waals surface area contributed by atoms with Crippen LogP contribution >= 0.6 is 0 Å². The van der Waals surface area contributed by atoms with E-state index < -0.39 is 24.0 Å². The van der Waals surface area contributed by atoms with Crippen LogP contribution in [0.1, 0.15) is 41.0 Å². The number of likely N-dealkylation sites (tertiary alicyclic amines) is 1. The monoisotopic (exact) mass is 285 g/mol. The normalized spacial score (nSPS) is 25.2. The van der Waals surface area contributed by atoms with Gasteiger partial charge in [-0.05, 0) is 25.7 Å². The van der Waals surface area contributed by atoms with Crippen LogP contribution in [0.25, 0.3) is 0 Å². The summed E-state index contributed by atoms with van der Waals surface area (Å²) in [6.07, 6.45) is -1.26. The molecule has 3 atom stereocenters. The summed E-state index contributed by atoms with van der Waals surface area (Å²) >= 11 is 0. The van der Waals surface area contributed by atoms with Crippen LogP contribution in [0.3, 0.4) is 0 Å². The number of carboxylic acid groups (broad SMARTS) is 1. The molecule has 1 amide bonds. The largest absolute Gasteiger partial charge is 0.465 e. The zero-order chi connectivity index (χ0) is 15.7. The van der Waals surface area contributed by atoms with E-state index in [9.17, 15) is 14.4 Å². The first kappa shape index (κ1) is 16.5. The first-order chi connectivity index (χ1) is 9.05. The summed E-state index contributed by atoms with van der Waals surface area (Å²) in [5.74, 6) is -1.79. The Morgan fingerprint density at radius 1 is 1.40 bits per heavy atom. The minimum atomic E-state index is -1.14. The quantitative estimate of drug-likeness (QED) is 0.619. The summed E-state index contributed by atoms with van der Waals surface area (Å²) in [6, 6.07) is -0.802. The molecule has 6 heteroatoms. The zero-order valence-electron chi connectivity index (χ0n) is 12.7. The van der Waals surface area contributed by atoms with Crippen molar-refractivity contribution in [3.8, 4) is 0 Å². The molecule has 1 N–H and O–H groups in total. The molecule has 20 heavy (non-hydrogen) atoms. The van der Waals surface area contributed by atoms with Gasteiger partial charge in [-0.25, -0.2) is 4.79 Å². The fourth-order valence-electron chi connectivity index (χ4n) is 1.98. The molecule has 114 valence electrons. The Bertz CT molecular complexity index is 412. The first-order valence-corrected chi connectivity index (χ1v) is 6.79. The van der Waals surface area contributed by atoms with E-state index in [1.54, 1.807) is 6.92 Å². The molecular formula is C14H23NO5. The second kappa shape index (κ2) is 5.81. The van der Waals surface area contributed by atoms with Crippen molar-refractivity contribution < 1.29 is 24.2 Å². The van der Waals surface area contributed by atoms with Crippen molar-refractivity contribution in [3.05, 3.63) is 0 Å². The Balaban J connectivity index is 2.72. The summed E-state index contributed by atoms with van der Waals surface area (Å²) < 4.78 is 5.34. The fourth-order valence-corrected chi connectivity index (χ4v) is 1.98. The second-order valence-electron chi connectivity index (χ2n) is 6.34. The lowest BCUT2D eigenvalue weighted by atomic mass is 9.88. The van der Waals surface area contributed by atoms with Crippen molar-refractivity contribution in [2.45, 2.75) is 53.2 Å². The van der Waals surface area contributed by atoms with Crippen LogP contribution in [0.4, 0.5) is 4.79 Å². The predicted octanol–water partition coefficient (Wildman–Crippen LogP) is 1.92. The maximum atomic E-state index is 12.1. The minimum Gasteiger partial charge on any atom is -0.465 e. The van der Waals surface area contributed by atoms with Crippen LogP contribution in [0.15, 0.2) is 0 Å². The summed E-state index contributed by atoms with van der Waals surface area (Å²) in [7, 11) is 0. The highest BCUT2D eigenvalue weighted by atomic mass is 16.5. The van der Waals surface area contributed by atoms with Gasteiger partial charge in [-0.3, -0.25) is 14.5 Å². The van der Waals surface area contributed by atoms with E-state index in [1.807, 2.05) is 20.8 Å². The van der Waals surface area contributed by atoms with Crippen molar-refractivity contribution >= 4 is 17.8 Å². The summed E-state index contributed by atoms with van der Waals surface area (Å²) in [6.45, 7) is 9.31. The van der Waals surface area contributed by atoms with Gasteiger partial charge in [0, 0.05) is 6.54 Å². The van der Waals surface area contributed by atoms with Gasteiger partial charge in [-0.2, -0.15) is 0 Å². The molecule has 0 spiro atoms. The zero-order valence-corrected chi connectivity index (χ0v) is 12.7. The number of rotatable bonds is 2. The molecule has 0 aromatic carbocycles. The lowest BCUT2D eigenvalue weighted by Crippen LogP contribution is -2.52. The first-order valence-electron chi connectivity index (χ1n) is 6.79. The van der Waals surface area contributed by atoms with Gasteiger partial charge in [0.05, 0.1) is 6.04 Å². The molecule has 6 nitrogen and oxygen atoms in total. The summed E-state index contributed by atoms with van der Waals surface area (Å²) in [5.41, 5.74) is -0.202. The highest BCUT2D eigenvalue weighted by Gasteiger charge is 2.41. The number of hydrogen-bond donors (Lipinski definition) is 1. The third-order valence-electron chi connectivity index (χ3n) is 3.92. The highest BCUT2D eigenvalue weighted by Crippen LogP contribution is 2.26. The SMILES string of the molecule is CC1C(=O)C(C(=O)OC(C)C(C)(C)C)CCN1C(=O)O. The maximum absolute atomic E-state index is 12.1. The average molecular weight is 285 g/mol. The lowest BCUT2D eigenvalue weighted by Gasteiger charge is -2.35. The Hall–Kier alpha value is -1.59. The number of esters is 1. The molecule has 0 aromatic rings. The van der Waals surface area contributed by atoms with Gasteiger partial charge in [0.2, 0.25) is 0 Å². The van der Waals surface area contributed by atoms with Crippen LogP contribution in [0.2, 0.25) is 0 Å². The molecule has 0 radical (unpaired) electrons. The van der Waals surface area contributed by atoms with Gasteiger partial charge in [-0.15, -0.1) is 0 Å². The van der Waals surface area contributed by atoms with E-state index in [0.717, 1.165) is 4.90 Å². The minimum absolute atomic E-state index is 0.173. The molecule has 1 saturated heterocycles. The number of piperidine rings is 1. The van der Waals surface area contributed by atoms with Gasteiger partial charge in [0.25, 0.3) is 0 Å². The van der Waals surface area contributed by atoms with Crippen molar-refractivity contribution in [1.82, 2.24) is 4.90 Å². The number of hydrogen-bond acceptors (Lipinski definition) is 4. The van der Waals surface area contributed by atoms with Crippen LogP contribution in [-0.4, -0.2) is 46.5 Å². The predicted molar refractivity (Wildman–Crippen MR) is 72.3 cm³/mol. The number of carbonyl (C=O) groups is 3. The van der Waals surface area contributed by atoms with Crippen LogP contribution in [0.5, 0.6) is 0 Å². The number of amides is 1. The summed E-state index contributed by atoms with van der Waals surface area (Å²) in [5, 5.41) is 8.96. The molecule has 0 aliphatic carbocycles. The Morgan fingerprint density at radius 3 is 2.40 bits per heavy atom. The number of nitrogens with zero attached hydrogens (tertiary/aromatic N) is 1. The van der Waals surface area contributed by atoms with E-state index in [1.165, 1.54) is 6.92 Å². The Morgan fingerprint density at radius 2 is 1.95 bits per heavy atom. The van der Waals surface area contributed by atoms with Crippen molar-refractivity contribution in [2.24, 2.45) is 11.3 Å². The van der Waals surface area contributed by atoms with E-state index in [-0.39, 0.29) is 30.3 Å². The van der Waals surface area contributed by atoms with Gasteiger partial charge in [-0.1, -0.05) is 20.8 Å². The third-order valence-corrected chi connectivity index (χ3v) is 3.92. The van der Waals surface area contributed by atoms with E-state index in [0.29, 0.717) is 0 Å². The molecule has 1 rings (SSSR count). The molecule has 1 aliphatic heterocycles. The van der Waals surface area contributed by atoms with E-state index in [4.69, 9.17) is 9.84 Å². The van der Waals surface area contributed by atoms with Gasteiger partial charge in [0.1, 0.15) is 12.0 Å². The van der Waals surface area contributed by atoms with Crippen LogP contribution in [0, 0.1) is 11.3 Å². The van der Waals surface area contributed by atoms with Gasteiger partial charge < -0.3 is 9.84 Å². The molecule has 0 bridgehead atoms. The van der Waals surface area contributed by atoms with Crippen molar-refractivity contribution in [3.63, 3.8) is 0 Å². The fraction of sp³-hybridized carbons (Fsp3) is 0.786. The summed E-state index contributed by atoms with van der Waals surface area (Å²) in [4.78, 5) is 36.2. The molecule has 1 fully saturated rings. The Kier molecular flexibility index (Phi) is 4.78. The molecule has 0 saturated carbocycles. The molecule has 3 unspecified atom stereocenters. The van der Waals surface area contributed by atoms with Crippen molar-refractivity contribution in [2.75, 3.05) is 6.54 Å². The number of ether oxygens (including phenoxy) is 1. The highest BCUT2D eigenvalue weighted by molar-refractivity contribution is 6.03. The smallest absolute Gasteiger partial charge is 0.407 e. The average Bonchev–Trinajstić information content (AvgIpc) is 2.30. The molecular weight excluding hydrogens is 262 g/mol. The standard InChI is InChI=1S/C14H23NO5/c1-8-11(16)10(6-7-15(8)13(18)19)12(17)20-9(2)14(3,4)5/h8-10H,6-7H2,1-5H3,(H,18,19). The van der Waals surface area contributed by atoms with Crippen LogP contribution < -0.4 is 0 Å². The number of ketones is 1. The second-order valence-corrected chi connectivity index (χ2v) is 6.34. The lowest BCUT2D eigenvalue weighted by molar-refractivity contribution is -0.163. The third kappa shape index (κ3) is 3.49. The van der Waals surface area contributed by atoms with E-state index in [2.05, 4.69) is 0 Å².